The van der Waals surface area contributed by atoms with Gasteiger partial charge in [0.15, 0.2) is 0 Å². The molecule has 1 aliphatic rings. The van der Waals surface area contributed by atoms with Crippen molar-refractivity contribution in [2.45, 2.75) is 11.7 Å². The third-order valence-electron chi connectivity index (χ3n) is 1.94. The fraction of sp³-hybridized carbons (Fsp3) is 0.750. The Hall–Kier alpha value is -0.890. The summed E-state index contributed by atoms with van der Waals surface area (Å²) in [6.07, 6.45) is 4.03. The van der Waals surface area contributed by atoms with Gasteiger partial charge < -0.3 is 0 Å². The van der Waals surface area contributed by atoms with Gasteiger partial charge in [-0.3, -0.25) is 0 Å². The second kappa shape index (κ2) is 5.70. The van der Waals surface area contributed by atoms with Crippen LogP contribution >= 0.6 is 11.8 Å². The predicted octanol–water partition coefficient (Wildman–Crippen LogP) is 0.780. The molecule has 13 heavy (non-hydrogen) atoms. The summed E-state index contributed by atoms with van der Waals surface area (Å²) in [6.45, 7) is 1.09. The van der Waals surface area contributed by atoms with Crippen LogP contribution in [-0.2, 0) is 9.59 Å². The molecule has 1 heterocycles. The number of carbonyl (C=O) groups excluding carboxylic acids is 2. The Morgan fingerprint density at radius 1 is 1.23 bits per heavy atom. The molecule has 0 spiro atoms. The quantitative estimate of drug-likeness (QED) is 0.495. The molecule has 2 unspecified atom stereocenters. The highest BCUT2D eigenvalue weighted by molar-refractivity contribution is 8.00. The Kier molecular flexibility index (Phi) is 4.47. The van der Waals surface area contributed by atoms with E-state index in [1.165, 1.54) is 12.2 Å². The number of hydrogen-bond acceptors (Lipinski definition) is 5. The van der Waals surface area contributed by atoms with Crippen LogP contribution in [0.5, 0.6) is 0 Å². The lowest BCUT2D eigenvalue weighted by Gasteiger charge is -2.03. The van der Waals surface area contributed by atoms with Gasteiger partial charge in [0.2, 0.25) is 12.2 Å². The van der Waals surface area contributed by atoms with Crippen molar-refractivity contribution in [2.24, 2.45) is 15.9 Å². The molecule has 2 atom stereocenters. The van der Waals surface area contributed by atoms with E-state index < -0.39 is 0 Å². The van der Waals surface area contributed by atoms with Gasteiger partial charge in [-0.25, -0.2) is 19.6 Å². The van der Waals surface area contributed by atoms with E-state index >= 15 is 0 Å². The minimum atomic E-state index is 0.397. The Labute approximate surface area is 80.5 Å². The van der Waals surface area contributed by atoms with Crippen LogP contribution in [0.15, 0.2) is 9.98 Å². The number of isocyanates is 2. The molecule has 0 amide bonds. The molecule has 0 radical (unpaired) electrons. The average molecular weight is 198 g/mol. The maximum Gasteiger partial charge on any atom is 0.234 e. The lowest BCUT2D eigenvalue weighted by atomic mass is 10.1. The summed E-state index contributed by atoms with van der Waals surface area (Å²) < 4.78 is 0. The normalized spacial score (nSPS) is 26.2. The van der Waals surface area contributed by atoms with Crippen molar-refractivity contribution in [1.82, 2.24) is 0 Å². The molecule has 0 N–H and O–H groups in total. The monoisotopic (exact) mass is 198 g/mol. The molecular weight excluding hydrogens is 188 g/mol. The fourth-order valence-corrected chi connectivity index (χ4v) is 2.71. The van der Waals surface area contributed by atoms with Crippen molar-refractivity contribution in [3.63, 3.8) is 0 Å². The van der Waals surface area contributed by atoms with Crippen molar-refractivity contribution in [1.29, 1.82) is 0 Å². The molecule has 0 aromatic heterocycles. The van der Waals surface area contributed by atoms with Gasteiger partial charge in [0.05, 0.1) is 13.1 Å². The molecular formula is C8H10N2O2S. The van der Waals surface area contributed by atoms with Crippen LogP contribution in [0.1, 0.15) is 6.42 Å². The second-order valence-corrected chi connectivity index (χ2v) is 4.25. The predicted molar refractivity (Wildman–Crippen MR) is 50.3 cm³/mol. The summed E-state index contributed by atoms with van der Waals surface area (Å²) in [5.74, 6) is 1.43. The van der Waals surface area contributed by atoms with E-state index in [1.54, 1.807) is 11.8 Å². The Bertz CT molecular complexity index is 231. The zero-order valence-electron chi connectivity index (χ0n) is 7.10. The molecule has 1 rings (SSSR count). The summed E-state index contributed by atoms with van der Waals surface area (Å²) in [6, 6.07) is 0. The van der Waals surface area contributed by atoms with Gasteiger partial charge in [0.25, 0.3) is 0 Å². The van der Waals surface area contributed by atoms with Gasteiger partial charge in [-0.15, -0.1) is 0 Å². The average Bonchev–Trinajstić information content (AvgIpc) is 2.59. The lowest BCUT2D eigenvalue weighted by molar-refractivity contribution is 0.543. The summed E-state index contributed by atoms with van der Waals surface area (Å²) in [5, 5.41) is 0.397. The van der Waals surface area contributed by atoms with Crippen LogP contribution in [0.4, 0.5) is 0 Å². The number of hydrogen-bond donors (Lipinski definition) is 0. The first-order chi connectivity index (χ1) is 6.36. The van der Waals surface area contributed by atoms with Gasteiger partial charge >= 0.3 is 0 Å². The van der Waals surface area contributed by atoms with Gasteiger partial charge in [0, 0.05) is 5.25 Å². The van der Waals surface area contributed by atoms with Gasteiger partial charge in [-0.2, -0.15) is 11.8 Å². The topological polar surface area (TPSA) is 58.9 Å². The standard InChI is InChI=1S/C8H10N2O2S/c11-5-9-2-7-1-8(13-4-7)3-10-6-12/h7-8H,1-4H2. The van der Waals surface area contributed by atoms with Crippen LogP contribution in [-0.4, -0.2) is 36.3 Å². The second-order valence-electron chi connectivity index (χ2n) is 2.92. The number of aliphatic imine (C=N–C) groups is 2. The molecule has 0 aromatic carbocycles. The molecule has 1 saturated heterocycles. The van der Waals surface area contributed by atoms with E-state index in [4.69, 9.17) is 0 Å². The fourth-order valence-electron chi connectivity index (χ4n) is 1.34. The van der Waals surface area contributed by atoms with E-state index in [0.29, 0.717) is 24.3 Å². The van der Waals surface area contributed by atoms with Gasteiger partial charge in [-0.1, -0.05) is 0 Å². The molecule has 0 bridgehead atoms. The van der Waals surface area contributed by atoms with Crippen molar-refractivity contribution in [3.8, 4) is 0 Å². The highest BCUT2D eigenvalue weighted by atomic mass is 32.2. The molecule has 0 aliphatic carbocycles. The third-order valence-corrected chi connectivity index (χ3v) is 3.41. The van der Waals surface area contributed by atoms with E-state index in [0.717, 1.165) is 12.2 Å². The van der Waals surface area contributed by atoms with Gasteiger partial charge in [0.1, 0.15) is 0 Å². The molecule has 5 heteroatoms. The molecule has 70 valence electrons. The van der Waals surface area contributed by atoms with Gasteiger partial charge in [-0.05, 0) is 18.1 Å². The van der Waals surface area contributed by atoms with Crippen LogP contribution in [0, 0.1) is 5.92 Å². The molecule has 1 fully saturated rings. The molecule has 0 saturated carbocycles. The molecule has 4 nitrogen and oxygen atoms in total. The van der Waals surface area contributed by atoms with Crippen molar-refractivity contribution in [3.05, 3.63) is 0 Å². The Morgan fingerprint density at radius 3 is 2.62 bits per heavy atom. The van der Waals surface area contributed by atoms with Crippen molar-refractivity contribution >= 4 is 23.9 Å². The minimum Gasteiger partial charge on any atom is -0.211 e. The smallest absolute Gasteiger partial charge is 0.211 e. The Balaban J connectivity index is 2.27. The zero-order chi connectivity index (χ0) is 9.52. The zero-order valence-corrected chi connectivity index (χ0v) is 7.92. The first-order valence-electron chi connectivity index (χ1n) is 4.05. The number of thioether (sulfide) groups is 1. The highest BCUT2D eigenvalue weighted by Crippen LogP contribution is 2.31. The molecule has 1 aliphatic heterocycles. The minimum absolute atomic E-state index is 0.397. The summed E-state index contributed by atoms with van der Waals surface area (Å²) in [4.78, 5) is 26.8. The SMILES string of the molecule is O=C=NCC1CSC(CN=C=O)C1. The largest absolute Gasteiger partial charge is 0.234 e. The summed E-state index contributed by atoms with van der Waals surface area (Å²) in [5.41, 5.74) is 0. The van der Waals surface area contributed by atoms with E-state index in [-0.39, 0.29) is 0 Å². The summed E-state index contributed by atoms with van der Waals surface area (Å²) >= 11 is 1.78. The van der Waals surface area contributed by atoms with Crippen molar-refractivity contribution < 1.29 is 9.59 Å². The van der Waals surface area contributed by atoms with Crippen molar-refractivity contribution in [2.75, 3.05) is 18.8 Å². The highest BCUT2D eigenvalue weighted by Gasteiger charge is 2.24. The first kappa shape index (κ1) is 10.2. The first-order valence-corrected chi connectivity index (χ1v) is 5.10. The van der Waals surface area contributed by atoms with Crippen LogP contribution in [0.3, 0.4) is 0 Å². The molecule has 0 aromatic rings. The van der Waals surface area contributed by atoms with E-state index in [9.17, 15) is 9.59 Å². The van der Waals surface area contributed by atoms with Crippen LogP contribution < -0.4 is 0 Å². The maximum atomic E-state index is 9.85. The van der Waals surface area contributed by atoms with Crippen LogP contribution in [0.2, 0.25) is 0 Å². The Morgan fingerprint density at radius 2 is 1.92 bits per heavy atom. The number of rotatable bonds is 4. The third kappa shape index (κ3) is 3.55. The maximum absolute atomic E-state index is 9.85. The van der Waals surface area contributed by atoms with E-state index in [2.05, 4.69) is 9.98 Å². The summed E-state index contributed by atoms with van der Waals surface area (Å²) in [7, 11) is 0. The van der Waals surface area contributed by atoms with Crippen LogP contribution in [0.25, 0.3) is 0 Å². The van der Waals surface area contributed by atoms with E-state index in [1.807, 2.05) is 0 Å². The lowest BCUT2D eigenvalue weighted by Crippen LogP contribution is -2.07. The number of nitrogens with zero attached hydrogens (tertiary/aromatic N) is 2.